The van der Waals surface area contributed by atoms with E-state index in [0.717, 1.165) is 32.2 Å². The van der Waals surface area contributed by atoms with Crippen LogP contribution >= 0.6 is 11.3 Å². The van der Waals surface area contributed by atoms with Crippen LogP contribution in [-0.2, 0) is 0 Å². The molecule has 0 aromatic carbocycles. The van der Waals surface area contributed by atoms with E-state index in [1.165, 1.54) is 11.3 Å². The summed E-state index contributed by atoms with van der Waals surface area (Å²) < 4.78 is 1.54. The minimum atomic E-state index is -0.358. The molecule has 0 amide bonds. The van der Waals surface area contributed by atoms with Crippen LogP contribution in [0.1, 0.15) is 25.7 Å². The number of aromatic nitrogens is 2. The van der Waals surface area contributed by atoms with Crippen LogP contribution in [0.4, 0.5) is 11.6 Å². The Balaban J connectivity index is 1.98. The average Bonchev–Trinajstić information content (AvgIpc) is 3.09. The molecule has 2 aromatic rings. The highest BCUT2D eigenvalue weighted by Gasteiger charge is 2.34. The van der Waals surface area contributed by atoms with Crippen molar-refractivity contribution in [1.82, 2.24) is 9.38 Å². The zero-order chi connectivity index (χ0) is 14.1. The summed E-state index contributed by atoms with van der Waals surface area (Å²) in [5.41, 5.74) is 0. The summed E-state index contributed by atoms with van der Waals surface area (Å²) in [6, 6.07) is 0.241. The fourth-order valence-corrected chi connectivity index (χ4v) is 3.57. The van der Waals surface area contributed by atoms with E-state index >= 15 is 0 Å². The second-order valence-corrected chi connectivity index (χ2v) is 5.80. The van der Waals surface area contributed by atoms with Crippen molar-refractivity contribution in [2.75, 3.05) is 18.1 Å². The molecule has 3 heterocycles. The highest BCUT2D eigenvalue weighted by molar-refractivity contribution is 7.15. The fourth-order valence-electron chi connectivity index (χ4n) is 2.87. The van der Waals surface area contributed by atoms with Crippen molar-refractivity contribution in [2.45, 2.75) is 31.7 Å². The molecule has 0 radical (unpaired) electrons. The Hall–Kier alpha value is -1.67. The van der Waals surface area contributed by atoms with E-state index in [9.17, 15) is 10.1 Å². The Morgan fingerprint density at radius 3 is 3.20 bits per heavy atom. The van der Waals surface area contributed by atoms with Crippen molar-refractivity contribution in [3.05, 3.63) is 21.7 Å². The molecule has 0 saturated carbocycles. The zero-order valence-corrected chi connectivity index (χ0v) is 11.8. The third kappa shape index (κ3) is 2.14. The van der Waals surface area contributed by atoms with Gasteiger partial charge in [0.2, 0.25) is 5.82 Å². The van der Waals surface area contributed by atoms with Gasteiger partial charge in [-0.2, -0.15) is 9.38 Å². The number of hydrogen-bond acceptors (Lipinski definition) is 6. The van der Waals surface area contributed by atoms with E-state index in [-0.39, 0.29) is 23.4 Å². The van der Waals surface area contributed by atoms with Gasteiger partial charge >= 0.3 is 5.82 Å². The van der Waals surface area contributed by atoms with Gasteiger partial charge in [0.25, 0.3) is 4.96 Å². The number of nitrogens with zero attached hydrogens (tertiary/aromatic N) is 4. The van der Waals surface area contributed by atoms with Gasteiger partial charge in [0, 0.05) is 24.6 Å². The van der Waals surface area contributed by atoms with E-state index in [2.05, 4.69) is 4.98 Å². The molecule has 1 aliphatic rings. The van der Waals surface area contributed by atoms with Crippen molar-refractivity contribution in [2.24, 2.45) is 0 Å². The molecule has 8 heteroatoms. The van der Waals surface area contributed by atoms with Gasteiger partial charge in [0.15, 0.2) is 0 Å². The van der Waals surface area contributed by atoms with Crippen molar-refractivity contribution in [3.8, 4) is 0 Å². The van der Waals surface area contributed by atoms with Gasteiger partial charge in [0.1, 0.15) is 6.20 Å². The predicted octanol–water partition coefficient (Wildman–Crippen LogP) is 2.05. The molecule has 0 bridgehead atoms. The normalized spacial score (nSPS) is 19.1. The number of thiazole rings is 1. The molecule has 1 saturated heterocycles. The number of hydrogen-bond donors (Lipinski definition) is 1. The number of anilines is 1. The van der Waals surface area contributed by atoms with E-state index in [1.807, 2.05) is 4.90 Å². The van der Waals surface area contributed by atoms with Crippen LogP contribution in [0.2, 0.25) is 0 Å². The molecule has 1 aliphatic heterocycles. The molecule has 20 heavy (non-hydrogen) atoms. The smallest absolute Gasteiger partial charge is 0.373 e. The largest absolute Gasteiger partial charge is 0.396 e. The fraction of sp³-hybridized carbons (Fsp3) is 0.583. The number of nitro groups is 1. The third-order valence-electron chi connectivity index (χ3n) is 3.74. The standard InChI is InChI=1S/C12H16N4O3S/c17-7-2-4-9-3-1-5-14(9)10-11(16(18)19)15-6-8-20-12(15)13-10/h6,8-9,17H,1-5,7H2. The summed E-state index contributed by atoms with van der Waals surface area (Å²) in [5.74, 6) is 0.527. The lowest BCUT2D eigenvalue weighted by atomic mass is 10.1. The van der Waals surface area contributed by atoms with E-state index in [1.54, 1.807) is 16.0 Å². The second kappa shape index (κ2) is 5.37. The first-order valence-corrected chi connectivity index (χ1v) is 7.57. The lowest BCUT2D eigenvalue weighted by molar-refractivity contribution is -0.389. The van der Waals surface area contributed by atoms with Crippen LogP contribution in [0.15, 0.2) is 11.6 Å². The van der Waals surface area contributed by atoms with Gasteiger partial charge in [-0.25, -0.2) is 0 Å². The first kappa shape index (κ1) is 13.3. The van der Waals surface area contributed by atoms with Crippen LogP contribution in [-0.4, -0.2) is 38.6 Å². The second-order valence-electron chi connectivity index (χ2n) is 4.93. The van der Waals surface area contributed by atoms with Gasteiger partial charge in [-0.15, -0.1) is 0 Å². The monoisotopic (exact) mass is 296 g/mol. The van der Waals surface area contributed by atoms with Crippen LogP contribution in [0, 0.1) is 10.1 Å². The zero-order valence-electron chi connectivity index (χ0n) is 10.9. The predicted molar refractivity (Wildman–Crippen MR) is 76.4 cm³/mol. The maximum absolute atomic E-state index is 11.4. The molecule has 1 N–H and O–H groups in total. The summed E-state index contributed by atoms with van der Waals surface area (Å²) in [4.78, 5) is 18.1. The molecule has 0 aliphatic carbocycles. The van der Waals surface area contributed by atoms with Crippen molar-refractivity contribution in [3.63, 3.8) is 0 Å². The topological polar surface area (TPSA) is 83.9 Å². The Morgan fingerprint density at radius 2 is 2.45 bits per heavy atom. The van der Waals surface area contributed by atoms with Crippen LogP contribution < -0.4 is 4.90 Å². The number of aliphatic hydroxyl groups excluding tert-OH is 1. The summed E-state index contributed by atoms with van der Waals surface area (Å²) in [7, 11) is 0. The SMILES string of the molecule is O=[N+]([O-])c1c(N2CCCC2CCCO)nc2sccn12. The Bertz CT molecular complexity index is 623. The highest BCUT2D eigenvalue weighted by Crippen LogP contribution is 2.36. The Morgan fingerprint density at radius 1 is 1.60 bits per heavy atom. The number of fused-ring (bicyclic) bond motifs is 1. The molecule has 2 aromatic heterocycles. The van der Waals surface area contributed by atoms with E-state index in [0.29, 0.717) is 10.8 Å². The van der Waals surface area contributed by atoms with Gasteiger partial charge in [-0.3, -0.25) is 0 Å². The molecular formula is C12H16N4O3S. The summed E-state index contributed by atoms with van der Waals surface area (Å²) in [5, 5.41) is 22.1. The lowest BCUT2D eigenvalue weighted by Gasteiger charge is -2.23. The maximum atomic E-state index is 11.4. The lowest BCUT2D eigenvalue weighted by Crippen LogP contribution is -2.30. The van der Waals surface area contributed by atoms with Gasteiger partial charge in [0.05, 0.1) is 0 Å². The average molecular weight is 296 g/mol. The maximum Gasteiger partial charge on any atom is 0.373 e. The number of rotatable bonds is 5. The Kier molecular flexibility index (Phi) is 3.58. The van der Waals surface area contributed by atoms with Gasteiger partial charge in [-0.05, 0) is 30.6 Å². The molecule has 3 rings (SSSR count). The molecule has 108 valence electrons. The molecule has 7 nitrogen and oxygen atoms in total. The van der Waals surface area contributed by atoms with E-state index < -0.39 is 0 Å². The third-order valence-corrected chi connectivity index (χ3v) is 4.49. The quantitative estimate of drug-likeness (QED) is 0.674. The molecule has 1 fully saturated rings. The Labute approximate surface area is 119 Å². The molecule has 1 unspecified atom stereocenters. The molecular weight excluding hydrogens is 280 g/mol. The summed E-state index contributed by atoms with van der Waals surface area (Å²) in [6.45, 7) is 0.951. The van der Waals surface area contributed by atoms with Crippen molar-refractivity contribution < 1.29 is 10.0 Å². The molecule has 1 atom stereocenters. The van der Waals surface area contributed by atoms with Crippen LogP contribution in [0.5, 0.6) is 0 Å². The van der Waals surface area contributed by atoms with Crippen molar-refractivity contribution >= 4 is 27.9 Å². The number of imidazole rings is 1. The molecule has 0 spiro atoms. The summed E-state index contributed by atoms with van der Waals surface area (Å²) in [6.07, 6.45) is 5.27. The van der Waals surface area contributed by atoms with Crippen LogP contribution in [0.3, 0.4) is 0 Å². The minimum absolute atomic E-state index is 0.0529. The minimum Gasteiger partial charge on any atom is -0.396 e. The number of aliphatic hydroxyl groups is 1. The van der Waals surface area contributed by atoms with Gasteiger partial charge in [-0.1, -0.05) is 11.3 Å². The first-order valence-electron chi connectivity index (χ1n) is 6.70. The summed E-state index contributed by atoms with van der Waals surface area (Å²) >= 11 is 1.40. The first-order chi connectivity index (χ1) is 9.72. The van der Waals surface area contributed by atoms with Crippen molar-refractivity contribution in [1.29, 1.82) is 0 Å². The van der Waals surface area contributed by atoms with Gasteiger partial charge < -0.3 is 20.1 Å². The van der Waals surface area contributed by atoms with E-state index in [4.69, 9.17) is 5.11 Å². The highest BCUT2D eigenvalue weighted by atomic mass is 32.1. The van der Waals surface area contributed by atoms with Crippen LogP contribution in [0.25, 0.3) is 4.96 Å².